The Labute approximate surface area is 186 Å². The van der Waals surface area contributed by atoms with Crippen molar-refractivity contribution in [3.63, 3.8) is 0 Å². The maximum absolute atomic E-state index is 12.8. The van der Waals surface area contributed by atoms with Gasteiger partial charge in [0, 0.05) is 19.8 Å². The lowest BCUT2D eigenvalue weighted by molar-refractivity contribution is -0.137. The first-order chi connectivity index (χ1) is 15.7. The van der Waals surface area contributed by atoms with E-state index >= 15 is 0 Å². The van der Waals surface area contributed by atoms with Crippen LogP contribution in [0.3, 0.4) is 0 Å². The maximum atomic E-state index is 12.8. The van der Waals surface area contributed by atoms with Crippen molar-refractivity contribution in [1.82, 2.24) is 35.5 Å². The number of carbonyl (C=O) groups is 2. The molecule has 2 N–H and O–H groups in total. The molecule has 174 valence electrons. The van der Waals surface area contributed by atoms with Crippen molar-refractivity contribution in [2.45, 2.75) is 38.4 Å². The Bertz CT molecular complexity index is 1100. The van der Waals surface area contributed by atoms with Crippen LogP contribution in [0, 0.1) is 0 Å². The van der Waals surface area contributed by atoms with Gasteiger partial charge < -0.3 is 10.6 Å². The first kappa shape index (κ1) is 23.8. The topological polar surface area (TPSA) is 128 Å². The van der Waals surface area contributed by atoms with Crippen LogP contribution in [0.4, 0.5) is 19.0 Å². The van der Waals surface area contributed by atoms with Gasteiger partial charge in [-0.2, -0.15) is 18.3 Å². The zero-order valence-electron chi connectivity index (χ0n) is 17.6. The zero-order chi connectivity index (χ0) is 23.8. The molecule has 0 saturated carbocycles. The summed E-state index contributed by atoms with van der Waals surface area (Å²) < 4.78 is 39.9. The predicted molar refractivity (Wildman–Crippen MR) is 110 cm³/mol. The lowest BCUT2D eigenvalue weighted by atomic mass is 10.2. The number of alkyl halides is 3. The van der Waals surface area contributed by atoms with Crippen LogP contribution in [0.15, 0.2) is 36.7 Å². The summed E-state index contributed by atoms with van der Waals surface area (Å²) in [4.78, 5) is 27.4. The van der Waals surface area contributed by atoms with Gasteiger partial charge >= 0.3 is 6.18 Å². The molecule has 0 atom stereocenters. The highest BCUT2D eigenvalue weighted by molar-refractivity contribution is 5.91. The number of hydrogen-bond donors (Lipinski definition) is 2. The molecule has 3 heterocycles. The second-order valence-corrected chi connectivity index (χ2v) is 7.07. The first-order valence-corrected chi connectivity index (χ1v) is 10.0. The van der Waals surface area contributed by atoms with Gasteiger partial charge in [0.1, 0.15) is 0 Å². The highest BCUT2D eigenvalue weighted by Crippen LogP contribution is 2.29. The molecule has 0 aliphatic rings. The van der Waals surface area contributed by atoms with E-state index in [1.165, 1.54) is 7.05 Å². The number of nitrogens with zero attached hydrogens (tertiary/aromatic N) is 6. The van der Waals surface area contributed by atoms with E-state index in [1.807, 2.05) is 0 Å². The van der Waals surface area contributed by atoms with Crippen LogP contribution < -0.4 is 10.6 Å². The highest BCUT2D eigenvalue weighted by Gasteiger charge is 2.30. The molecule has 0 aliphatic heterocycles. The minimum absolute atomic E-state index is 0.00160. The Hall–Kier alpha value is -3.90. The summed E-state index contributed by atoms with van der Waals surface area (Å²) >= 11 is 0. The third kappa shape index (κ3) is 7.05. The van der Waals surface area contributed by atoms with Crippen LogP contribution >= 0.6 is 0 Å². The minimum atomic E-state index is -4.50. The van der Waals surface area contributed by atoms with Gasteiger partial charge in [0.25, 0.3) is 5.91 Å². The zero-order valence-corrected chi connectivity index (χ0v) is 17.6. The Kier molecular flexibility index (Phi) is 7.64. The van der Waals surface area contributed by atoms with Crippen LogP contribution in [0.2, 0.25) is 0 Å². The van der Waals surface area contributed by atoms with Gasteiger partial charge in [-0.15, -0.1) is 10.2 Å². The van der Waals surface area contributed by atoms with E-state index in [4.69, 9.17) is 0 Å². The fourth-order valence-corrected chi connectivity index (χ4v) is 2.88. The van der Waals surface area contributed by atoms with E-state index in [9.17, 15) is 22.8 Å². The van der Waals surface area contributed by atoms with Gasteiger partial charge in [-0.25, -0.2) is 0 Å². The number of halogens is 3. The molecule has 10 nitrogen and oxygen atoms in total. The third-order valence-electron chi connectivity index (χ3n) is 4.54. The average Bonchev–Trinajstić information content (AvgIpc) is 3.26. The van der Waals surface area contributed by atoms with Crippen molar-refractivity contribution in [2.75, 3.05) is 12.4 Å². The Morgan fingerprint density at radius 3 is 2.58 bits per heavy atom. The summed E-state index contributed by atoms with van der Waals surface area (Å²) in [7, 11) is 1.52. The summed E-state index contributed by atoms with van der Waals surface area (Å²) in [5.41, 5.74) is 0.115. The number of hydrogen-bond acceptors (Lipinski definition) is 7. The molecule has 3 aromatic rings. The third-order valence-corrected chi connectivity index (χ3v) is 4.54. The van der Waals surface area contributed by atoms with Crippen molar-refractivity contribution < 1.29 is 22.8 Å². The number of anilines is 1. The molecule has 0 spiro atoms. The van der Waals surface area contributed by atoms with E-state index in [0.717, 1.165) is 36.9 Å². The number of aromatic nitrogens is 6. The SMILES string of the molecule is CNC(=O)c1cn(CCCCc2ccc(NC(=O)Cc3cc(C(F)(F)F)ccn3)nn2)nn1. The summed E-state index contributed by atoms with van der Waals surface area (Å²) in [6, 6.07) is 4.98. The lowest BCUT2D eigenvalue weighted by Gasteiger charge is -2.08. The fourth-order valence-electron chi connectivity index (χ4n) is 2.88. The number of carbonyl (C=O) groups excluding carboxylic acids is 2. The molecule has 3 rings (SSSR count). The molecule has 13 heteroatoms. The maximum Gasteiger partial charge on any atom is 0.416 e. The molecule has 0 radical (unpaired) electrons. The van der Waals surface area contributed by atoms with Crippen molar-refractivity contribution in [1.29, 1.82) is 0 Å². The van der Waals surface area contributed by atoms with Gasteiger partial charge in [0.15, 0.2) is 11.5 Å². The monoisotopic (exact) mass is 462 g/mol. The van der Waals surface area contributed by atoms with Crippen molar-refractivity contribution in [3.05, 3.63) is 59.3 Å². The number of unbranched alkanes of at least 4 members (excludes halogenated alkanes) is 1. The Balaban J connectivity index is 1.43. The van der Waals surface area contributed by atoms with Crippen LogP contribution in [0.25, 0.3) is 0 Å². The molecule has 0 unspecified atom stereocenters. The quantitative estimate of drug-likeness (QED) is 0.466. The largest absolute Gasteiger partial charge is 0.416 e. The number of amides is 2. The van der Waals surface area contributed by atoms with Crippen molar-refractivity contribution in [2.24, 2.45) is 0 Å². The van der Waals surface area contributed by atoms with Crippen LogP contribution in [-0.2, 0) is 30.4 Å². The molecule has 0 aliphatic carbocycles. The summed E-state index contributed by atoms with van der Waals surface area (Å²) in [5, 5.41) is 20.6. The molecule has 0 fully saturated rings. The second kappa shape index (κ2) is 10.6. The average molecular weight is 462 g/mol. The normalized spacial score (nSPS) is 11.3. The number of rotatable bonds is 9. The van der Waals surface area contributed by atoms with Crippen molar-refractivity contribution >= 4 is 17.6 Å². The van der Waals surface area contributed by atoms with E-state index in [1.54, 1.807) is 23.0 Å². The second-order valence-electron chi connectivity index (χ2n) is 7.07. The lowest BCUT2D eigenvalue weighted by Crippen LogP contribution is -2.18. The number of pyridine rings is 1. The minimum Gasteiger partial charge on any atom is -0.354 e. The van der Waals surface area contributed by atoms with Crippen LogP contribution in [0.1, 0.15) is 40.3 Å². The first-order valence-electron chi connectivity index (χ1n) is 10.0. The van der Waals surface area contributed by atoms with Gasteiger partial charge in [-0.3, -0.25) is 19.3 Å². The van der Waals surface area contributed by atoms with Gasteiger partial charge in [-0.05, 0) is 43.5 Å². The molecular formula is C20H21F3N8O2. The van der Waals surface area contributed by atoms with Crippen molar-refractivity contribution in [3.8, 4) is 0 Å². The standard InChI is InChI=1S/C20H21F3N8O2/c1-24-19(33)16-12-31(30-28-16)9-3-2-4-14-5-6-17(29-27-14)26-18(32)11-15-10-13(7-8-25-15)20(21,22)23/h5-8,10,12H,2-4,9,11H2,1H3,(H,24,33)(H,26,29,32). The summed E-state index contributed by atoms with van der Waals surface area (Å²) in [6.45, 7) is 0.592. The van der Waals surface area contributed by atoms with E-state index in [0.29, 0.717) is 13.0 Å². The molecule has 0 saturated heterocycles. The predicted octanol–water partition coefficient (Wildman–Crippen LogP) is 2.05. The number of nitrogens with one attached hydrogen (secondary N) is 2. The van der Waals surface area contributed by atoms with Crippen LogP contribution in [-0.4, -0.2) is 49.0 Å². The smallest absolute Gasteiger partial charge is 0.354 e. The molecule has 3 aromatic heterocycles. The van der Waals surface area contributed by atoms with E-state index < -0.39 is 17.6 Å². The molecule has 0 aromatic carbocycles. The Morgan fingerprint density at radius 2 is 1.88 bits per heavy atom. The molecule has 2 amide bonds. The fraction of sp³-hybridized carbons (Fsp3) is 0.350. The molecule has 0 bridgehead atoms. The van der Waals surface area contributed by atoms with Gasteiger partial charge in [0.05, 0.1) is 29.6 Å². The summed E-state index contributed by atoms with van der Waals surface area (Å²) in [5.74, 6) is -0.650. The van der Waals surface area contributed by atoms with Gasteiger partial charge in [-0.1, -0.05) is 5.21 Å². The molecular weight excluding hydrogens is 441 g/mol. The summed E-state index contributed by atoms with van der Waals surface area (Å²) in [6.07, 6.45) is -0.0187. The molecule has 33 heavy (non-hydrogen) atoms. The van der Waals surface area contributed by atoms with E-state index in [-0.39, 0.29) is 29.5 Å². The number of aryl methyl sites for hydroxylation is 2. The Morgan fingerprint density at radius 1 is 1.06 bits per heavy atom. The highest BCUT2D eigenvalue weighted by atomic mass is 19.4. The van der Waals surface area contributed by atoms with Gasteiger partial charge in [0.2, 0.25) is 5.91 Å². The van der Waals surface area contributed by atoms with Crippen LogP contribution in [0.5, 0.6) is 0 Å². The van der Waals surface area contributed by atoms with E-state index in [2.05, 4.69) is 36.1 Å².